The van der Waals surface area contributed by atoms with Gasteiger partial charge in [0.1, 0.15) is 18.0 Å². The molecule has 1 saturated heterocycles. The molecule has 8 nitrogen and oxygen atoms in total. The second kappa shape index (κ2) is 7.15. The maximum absolute atomic E-state index is 13.1. The van der Waals surface area contributed by atoms with Crippen LogP contribution in [0.2, 0.25) is 0 Å². The maximum atomic E-state index is 13.1. The zero-order valence-corrected chi connectivity index (χ0v) is 18.3. The first-order valence-electron chi connectivity index (χ1n) is 9.66. The first kappa shape index (κ1) is 19.2. The Morgan fingerprint density at radius 3 is 2.83 bits per heavy atom. The van der Waals surface area contributed by atoms with Gasteiger partial charge in [-0.3, -0.25) is 19.7 Å². The Labute approximate surface area is 185 Å². The molecular weight excluding hydrogens is 497 g/mol. The number of aromatic nitrogens is 3. The summed E-state index contributed by atoms with van der Waals surface area (Å²) in [4.78, 5) is 50.3. The minimum atomic E-state index is -0.604. The Kier molecular flexibility index (Phi) is 4.57. The van der Waals surface area contributed by atoms with E-state index >= 15 is 0 Å². The number of piperidine rings is 1. The van der Waals surface area contributed by atoms with Gasteiger partial charge in [0, 0.05) is 39.6 Å². The average molecular weight is 515 g/mol. The normalized spacial score (nSPS) is 18.8. The van der Waals surface area contributed by atoms with Crippen molar-refractivity contribution in [2.24, 2.45) is 0 Å². The number of imide groups is 1. The first-order chi connectivity index (χ1) is 14.4. The van der Waals surface area contributed by atoms with Crippen molar-refractivity contribution in [3.05, 3.63) is 56.2 Å². The number of fused-ring (bicyclic) bond motifs is 2. The van der Waals surface area contributed by atoms with E-state index in [-0.39, 0.29) is 18.2 Å². The number of aromatic amines is 1. The van der Waals surface area contributed by atoms with Crippen LogP contribution >= 0.6 is 22.6 Å². The molecule has 0 aliphatic carbocycles. The highest BCUT2D eigenvalue weighted by Gasteiger charge is 2.39. The van der Waals surface area contributed by atoms with Gasteiger partial charge in [-0.15, -0.1) is 0 Å². The predicted octanol–water partition coefficient (Wildman–Crippen LogP) is 2.22. The van der Waals surface area contributed by atoms with Gasteiger partial charge in [-0.1, -0.05) is 0 Å². The fourth-order valence-electron chi connectivity index (χ4n) is 4.21. The number of carbonyl (C=O) groups is 3. The molecular formula is C21H18IN5O3. The third-order valence-corrected chi connectivity index (χ3v) is 6.70. The molecule has 3 aromatic rings. The molecule has 4 heterocycles. The number of hydrogen-bond donors (Lipinski definition) is 2. The van der Waals surface area contributed by atoms with Crippen LogP contribution < -0.4 is 5.32 Å². The fourth-order valence-corrected chi connectivity index (χ4v) is 4.93. The standard InChI is InChI=1S/C21H18IN5O3/c1-10-4-14-16(23-9-24-19(14)25-10)7-11-5-13-12(6-15(11)22)8-27(21(13)30)17-2-3-18(28)26-20(17)29/h4-6,9,17H,2-3,7-8H2,1H3,(H,23,24,25)(H,26,28,29). The number of aryl methyl sites for hydroxylation is 1. The summed E-state index contributed by atoms with van der Waals surface area (Å²) in [5, 5.41) is 3.31. The van der Waals surface area contributed by atoms with E-state index in [1.54, 1.807) is 11.2 Å². The lowest BCUT2D eigenvalue weighted by molar-refractivity contribution is -0.136. The molecule has 2 aromatic heterocycles. The molecule has 5 rings (SSSR count). The molecule has 0 saturated carbocycles. The summed E-state index contributed by atoms with van der Waals surface area (Å²) in [7, 11) is 0. The monoisotopic (exact) mass is 515 g/mol. The van der Waals surface area contributed by atoms with E-state index in [4.69, 9.17) is 0 Å². The van der Waals surface area contributed by atoms with Crippen LogP contribution in [-0.4, -0.2) is 43.6 Å². The first-order valence-corrected chi connectivity index (χ1v) is 10.7. The lowest BCUT2D eigenvalue weighted by Gasteiger charge is -2.29. The number of carbonyl (C=O) groups excluding carboxylic acids is 3. The Balaban J connectivity index is 1.46. The third kappa shape index (κ3) is 3.17. The smallest absolute Gasteiger partial charge is 0.255 e. The Bertz CT molecular complexity index is 1230. The van der Waals surface area contributed by atoms with E-state index < -0.39 is 11.9 Å². The highest BCUT2D eigenvalue weighted by atomic mass is 127. The molecule has 1 aromatic carbocycles. The van der Waals surface area contributed by atoms with E-state index in [9.17, 15) is 14.4 Å². The second-order valence-corrected chi connectivity index (χ2v) is 8.87. The Morgan fingerprint density at radius 1 is 1.20 bits per heavy atom. The van der Waals surface area contributed by atoms with Crippen molar-refractivity contribution >= 4 is 51.3 Å². The molecule has 152 valence electrons. The van der Waals surface area contributed by atoms with Crippen LogP contribution in [0.4, 0.5) is 0 Å². The van der Waals surface area contributed by atoms with Crippen LogP contribution in [0.5, 0.6) is 0 Å². The van der Waals surface area contributed by atoms with Gasteiger partial charge in [-0.05, 0) is 65.3 Å². The van der Waals surface area contributed by atoms with Crippen LogP contribution in [0.1, 0.15) is 45.7 Å². The highest BCUT2D eigenvalue weighted by molar-refractivity contribution is 14.1. The molecule has 1 fully saturated rings. The number of halogens is 1. The highest BCUT2D eigenvalue weighted by Crippen LogP contribution is 2.31. The van der Waals surface area contributed by atoms with Gasteiger partial charge in [-0.2, -0.15) is 0 Å². The van der Waals surface area contributed by atoms with Gasteiger partial charge < -0.3 is 9.88 Å². The van der Waals surface area contributed by atoms with Crippen molar-refractivity contribution in [3.8, 4) is 0 Å². The van der Waals surface area contributed by atoms with Crippen molar-refractivity contribution in [1.82, 2.24) is 25.2 Å². The number of rotatable bonds is 3. The van der Waals surface area contributed by atoms with Crippen LogP contribution in [0, 0.1) is 10.5 Å². The van der Waals surface area contributed by atoms with Gasteiger partial charge in [0.05, 0.1) is 5.69 Å². The van der Waals surface area contributed by atoms with Crippen molar-refractivity contribution in [2.45, 2.75) is 38.8 Å². The number of hydrogen-bond acceptors (Lipinski definition) is 5. The van der Waals surface area contributed by atoms with Crippen LogP contribution in [0.15, 0.2) is 24.5 Å². The molecule has 2 N–H and O–H groups in total. The molecule has 1 atom stereocenters. The number of nitrogens with one attached hydrogen (secondary N) is 2. The minimum absolute atomic E-state index is 0.164. The van der Waals surface area contributed by atoms with E-state index in [0.717, 1.165) is 37.1 Å². The molecule has 1 unspecified atom stereocenters. The minimum Gasteiger partial charge on any atom is -0.343 e. The third-order valence-electron chi connectivity index (χ3n) is 5.69. The van der Waals surface area contributed by atoms with Gasteiger partial charge in [0.25, 0.3) is 5.91 Å². The Hall–Kier alpha value is -2.82. The Morgan fingerprint density at radius 2 is 2.03 bits per heavy atom. The molecule has 30 heavy (non-hydrogen) atoms. The zero-order valence-electron chi connectivity index (χ0n) is 16.2. The van der Waals surface area contributed by atoms with Crippen molar-refractivity contribution in [1.29, 1.82) is 0 Å². The zero-order chi connectivity index (χ0) is 21.0. The summed E-state index contributed by atoms with van der Waals surface area (Å²) in [6, 6.07) is 5.35. The predicted molar refractivity (Wildman–Crippen MR) is 117 cm³/mol. The topological polar surface area (TPSA) is 108 Å². The SMILES string of the molecule is Cc1cc2c(Cc3cc4c(cc3I)CN(C3CCC(=O)NC3=O)C4=O)ncnc2[nH]1. The quantitative estimate of drug-likeness (QED) is 0.411. The average Bonchev–Trinajstić information content (AvgIpc) is 3.22. The molecule has 0 spiro atoms. The summed E-state index contributed by atoms with van der Waals surface area (Å²) < 4.78 is 1.04. The van der Waals surface area contributed by atoms with Gasteiger partial charge >= 0.3 is 0 Å². The maximum Gasteiger partial charge on any atom is 0.255 e. The van der Waals surface area contributed by atoms with Crippen LogP contribution in [0.3, 0.4) is 0 Å². The molecule has 2 aliphatic rings. The van der Waals surface area contributed by atoms with Gasteiger partial charge in [0.2, 0.25) is 11.8 Å². The van der Waals surface area contributed by atoms with Gasteiger partial charge in [-0.25, -0.2) is 9.97 Å². The lowest BCUT2D eigenvalue weighted by atomic mass is 10.0. The van der Waals surface area contributed by atoms with E-state index in [1.165, 1.54) is 0 Å². The van der Waals surface area contributed by atoms with E-state index in [1.807, 2.05) is 25.1 Å². The number of benzene rings is 1. The molecule has 0 bridgehead atoms. The summed E-state index contributed by atoms with van der Waals surface area (Å²) in [5.74, 6) is -0.843. The number of nitrogens with zero attached hydrogens (tertiary/aromatic N) is 3. The summed E-state index contributed by atoms with van der Waals surface area (Å²) in [6.45, 7) is 2.36. The summed E-state index contributed by atoms with van der Waals surface area (Å²) in [6.07, 6.45) is 2.73. The van der Waals surface area contributed by atoms with Crippen molar-refractivity contribution in [3.63, 3.8) is 0 Å². The van der Waals surface area contributed by atoms with E-state index in [2.05, 4.69) is 42.9 Å². The summed E-state index contributed by atoms with van der Waals surface area (Å²) in [5.41, 5.74) is 5.24. The fraction of sp³-hybridized carbons (Fsp3) is 0.286. The van der Waals surface area contributed by atoms with Crippen molar-refractivity contribution in [2.75, 3.05) is 0 Å². The second-order valence-electron chi connectivity index (χ2n) is 7.71. The van der Waals surface area contributed by atoms with Crippen LogP contribution in [0.25, 0.3) is 11.0 Å². The van der Waals surface area contributed by atoms with E-state index in [0.29, 0.717) is 24.9 Å². The van der Waals surface area contributed by atoms with Crippen LogP contribution in [-0.2, 0) is 22.6 Å². The lowest BCUT2D eigenvalue weighted by Crippen LogP contribution is -2.52. The largest absolute Gasteiger partial charge is 0.343 e. The number of amides is 3. The molecule has 0 radical (unpaired) electrons. The molecule has 3 amide bonds. The summed E-state index contributed by atoms with van der Waals surface area (Å²) >= 11 is 2.28. The molecule has 9 heteroatoms. The number of H-pyrrole nitrogens is 1. The molecule has 2 aliphatic heterocycles. The van der Waals surface area contributed by atoms with Gasteiger partial charge in [0.15, 0.2) is 0 Å². The van der Waals surface area contributed by atoms with Crippen molar-refractivity contribution < 1.29 is 14.4 Å².